The minimum atomic E-state index is -4.07. The van der Waals surface area contributed by atoms with Crippen molar-refractivity contribution in [1.29, 1.82) is 0 Å². The lowest BCUT2D eigenvalue weighted by molar-refractivity contribution is -0.135. The van der Waals surface area contributed by atoms with Crippen molar-refractivity contribution >= 4 is 11.5 Å². The van der Waals surface area contributed by atoms with Crippen molar-refractivity contribution in [3.63, 3.8) is 0 Å². The molecule has 3 nitrogen and oxygen atoms in total. The molecule has 0 bridgehead atoms. The molecule has 1 unspecified atom stereocenters. The van der Waals surface area contributed by atoms with Crippen LogP contribution in [0.15, 0.2) is 5.38 Å². The Morgan fingerprint density at radius 2 is 2.27 bits per heavy atom. The van der Waals surface area contributed by atoms with E-state index in [0.717, 1.165) is 0 Å². The fraction of sp³-hybridized carbons (Fsp3) is 0.750. The molecule has 1 aromatic rings. The first-order chi connectivity index (χ1) is 7.03. The molecule has 7 heteroatoms. The summed E-state index contributed by atoms with van der Waals surface area (Å²) in [6, 6.07) is -0.133. The van der Waals surface area contributed by atoms with Gasteiger partial charge in [0.2, 0.25) is 0 Å². The van der Waals surface area contributed by atoms with E-state index in [2.05, 4.69) is 14.9 Å². The van der Waals surface area contributed by atoms with Gasteiger partial charge >= 0.3 is 6.18 Å². The quantitative estimate of drug-likeness (QED) is 0.858. The number of halogens is 3. The standard InChI is InChI=1S/C8H12F3N3S/c1-12-6(7-5-15-14-13-7)3-2-4-8(9,10)11/h5-6,12H,2-4H2,1H3. The number of rotatable bonds is 5. The van der Waals surface area contributed by atoms with Crippen LogP contribution in [-0.2, 0) is 0 Å². The van der Waals surface area contributed by atoms with Gasteiger partial charge in [-0.3, -0.25) is 0 Å². The Morgan fingerprint density at radius 1 is 1.53 bits per heavy atom. The predicted octanol–water partition coefficient (Wildman–Crippen LogP) is 2.53. The van der Waals surface area contributed by atoms with Crippen LogP contribution in [0, 0.1) is 0 Å². The molecule has 0 aliphatic heterocycles. The Bertz CT molecular complexity index is 273. The van der Waals surface area contributed by atoms with Crippen molar-refractivity contribution in [2.24, 2.45) is 0 Å². The smallest absolute Gasteiger partial charge is 0.312 e. The Hall–Kier alpha value is -0.690. The first kappa shape index (κ1) is 12.4. The van der Waals surface area contributed by atoms with Gasteiger partial charge in [-0.05, 0) is 31.4 Å². The Balaban J connectivity index is 2.36. The number of alkyl halides is 3. The van der Waals surface area contributed by atoms with Crippen molar-refractivity contribution < 1.29 is 13.2 Å². The first-order valence-corrected chi connectivity index (χ1v) is 5.37. The van der Waals surface area contributed by atoms with Gasteiger partial charge < -0.3 is 5.32 Å². The molecular weight excluding hydrogens is 227 g/mol. The second-order valence-electron chi connectivity index (χ2n) is 3.18. The van der Waals surface area contributed by atoms with Gasteiger partial charge in [0.25, 0.3) is 0 Å². The average Bonchev–Trinajstić information content (AvgIpc) is 2.63. The topological polar surface area (TPSA) is 37.8 Å². The van der Waals surface area contributed by atoms with Crippen molar-refractivity contribution in [2.45, 2.75) is 31.5 Å². The molecule has 86 valence electrons. The molecule has 1 atom stereocenters. The van der Waals surface area contributed by atoms with Crippen LogP contribution in [0.25, 0.3) is 0 Å². The third-order valence-electron chi connectivity index (χ3n) is 2.04. The maximum Gasteiger partial charge on any atom is 0.389 e. The Morgan fingerprint density at radius 3 is 2.73 bits per heavy atom. The van der Waals surface area contributed by atoms with Crippen molar-refractivity contribution in [2.75, 3.05) is 7.05 Å². The molecule has 1 rings (SSSR count). The van der Waals surface area contributed by atoms with Crippen LogP contribution in [0.3, 0.4) is 0 Å². The van der Waals surface area contributed by atoms with E-state index in [1.165, 1.54) is 11.5 Å². The maximum atomic E-state index is 11.9. The van der Waals surface area contributed by atoms with Crippen LogP contribution in [0.2, 0.25) is 0 Å². The molecular formula is C8H12F3N3S. The van der Waals surface area contributed by atoms with Gasteiger partial charge in [-0.15, -0.1) is 5.10 Å². The summed E-state index contributed by atoms with van der Waals surface area (Å²) in [5.74, 6) is 0. The molecule has 0 aliphatic carbocycles. The normalized spacial score (nSPS) is 14.1. The van der Waals surface area contributed by atoms with E-state index in [4.69, 9.17) is 0 Å². The van der Waals surface area contributed by atoms with Gasteiger partial charge in [0.05, 0.1) is 11.7 Å². The molecule has 0 fully saturated rings. The summed E-state index contributed by atoms with van der Waals surface area (Å²) >= 11 is 1.20. The van der Waals surface area contributed by atoms with Gasteiger partial charge in [-0.1, -0.05) is 4.49 Å². The van der Waals surface area contributed by atoms with Crippen LogP contribution in [-0.4, -0.2) is 22.8 Å². The lowest BCUT2D eigenvalue weighted by Crippen LogP contribution is -2.18. The van der Waals surface area contributed by atoms with Crippen LogP contribution >= 0.6 is 11.5 Å². The number of nitrogens with zero attached hydrogens (tertiary/aromatic N) is 2. The molecule has 0 saturated carbocycles. The molecule has 0 amide bonds. The van der Waals surface area contributed by atoms with E-state index in [-0.39, 0.29) is 12.5 Å². The Kier molecular flexibility index (Phi) is 4.46. The maximum absolute atomic E-state index is 11.9. The SMILES string of the molecule is CNC(CCCC(F)(F)F)c1csnn1. The summed E-state index contributed by atoms with van der Waals surface area (Å²) in [7, 11) is 1.71. The van der Waals surface area contributed by atoms with Gasteiger partial charge in [0.15, 0.2) is 0 Å². The number of hydrogen-bond acceptors (Lipinski definition) is 4. The average molecular weight is 239 g/mol. The summed E-state index contributed by atoms with van der Waals surface area (Å²) in [4.78, 5) is 0. The Labute approximate surface area is 89.9 Å². The lowest BCUT2D eigenvalue weighted by Gasteiger charge is -2.13. The second-order valence-corrected chi connectivity index (χ2v) is 3.79. The highest BCUT2D eigenvalue weighted by atomic mass is 32.1. The van der Waals surface area contributed by atoms with Crippen LogP contribution in [0.4, 0.5) is 13.2 Å². The second kappa shape index (κ2) is 5.41. The summed E-state index contributed by atoms with van der Waals surface area (Å²) in [5, 5.41) is 8.50. The molecule has 0 radical (unpaired) electrons. The molecule has 1 aromatic heterocycles. The summed E-state index contributed by atoms with van der Waals surface area (Å²) < 4.78 is 39.4. The van der Waals surface area contributed by atoms with E-state index in [1.807, 2.05) is 0 Å². The highest BCUT2D eigenvalue weighted by Crippen LogP contribution is 2.25. The zero-order valence-electron chi connectivity index (χ0n) is 8.21. The first-order valence-electron chi connectivity index (χ1n) is 4.54. The van der Waals surface area contributed by atoms with E-state index >= 15 is 0 Å². The third-order valence-corrected chi connectivity index (χ3v) is 2.56. The lowest BCUT2D eigenvalue weighted by atomic mass is 10.1. The molecule has 0 saturated heterocycles. The van der Waals surface area contributed by atoms with E-state index in [0.29, 0.717) is 12.1 Å². The molecule has 1 heterocycles. The zero-order valence-corrected chi connectivity index (χ0v) is 9.03. The summed E-state index contributed by atoms with van der Waals surface area (Å²) in [5.41, 5.74) is 0.713. The molecule has 0 aromatic carbocycles. The number of nitrogens with one attached hydrogen (secondary N) is 1. The van der Waals surface area contributed by atoms with Gasteiger partial charge in [0.1, 0.15) is 0 Å². The fourth-order valence-electron chi connectivity index (χ4n) is 1.27. The molecule has 0 aliphatic rings. The van der Waals surface area contributed by atoms with E-state index in [1.54, 1.807) is 12.4 Å². The van der Waals surface area contributed by atoms with Crippen LogP contribution < -0.4 is 5.32 Å². The fourth-order valence-corrected chi connectivity index (χ4v) is 1.78. The van der Waals surface area contributed by atoms with Gasteiger partial charge in [-0.2, -0.15) is 13.2 Å². The molecule has 1 N–H and O–H groups in total. The number of hydrogen-bond donors (Lipinski definition) is 1. The highest BCUT2D eigenvalue weighted by molar-refractivity contribution is 7.03. The summed E-state index contributed by atoms with van der Waals surface area (Å²) in [6.07, 6.45) is -4.30. The minimum Gasteiger partial charge on any atom is -0.312 e. The highest BCUT2D eigenvalue weighted by Gasteiger charge is 2.26. The minimum absolute atomic E-state index is 0.104. The molecule has 0 spiro atoms. The van der Waals surface area contributed by atoms with Gasteiger partial charge in [0, 0.05) is 11.8 Å². The van der Waals surface area contributed by atoms with Crippen LogP contribution in [0.5, 0.6) is 0 Å². The van der Waals surface area contributed by atoms with Crippen molar-refractivity contribution in [3.8, 4) is 0 Å². The number of aromatic nitrogens is 2. The molecule has 15 heavy (non-hydrogen) atoms. The largest absolute Gasteiger partial charge is 0.389 e. The van der Waals surface area contributed by atoms with Crippen molar-refractivity contribution in [3.05, 3.63) is 11.1 Å². The van der Waals surface area contributed by atoms with Crippen LogP contribution in [0.1, 0.15) is 31.0 Å². The third kappa shape index (κ3) is 4.57. The zero-order chi connectivity index (χ0) is 11.3. The predicted molar refractivity (Wildman–Crippen MR) is 51.6 cm³/mol. The van der Waals surface area contributed by atoms with E-state index < -0.39 is 12.6 Å². The van der Waals surface area contributed by atoms with E-state index in [9.17, 15) is 13.2 Å². The summed E-state index contributed by atoms with van der Waals surface area (Å²) in [6.45, 7) is 0. The van der Waals surface area contributed by atoms with Crippen molar-refractivity contribution in [1.82, 2.24) is 14.9 Å². The monoisotopic (exact) mass is 239 g/mol. The van der Waals surface area contributed by atoms with Gasteiger partial charge in [-0.25, -0.2) is 0 Å².